The Bertz CT molecular complexity index is 609. The van der Waals surface area contributed by atoms with Crippen molar-refractivity contribution in [3.05, 3.63) is 41.6 Å². The number of rotatable bonds is 4. The van der Waals surface area contributed by atoms with E-state index >= 15 is 0 Å². The van der Waals surface area contributed by atoms with E-state index in [2.05, 4.69) is 48.9 Å². The van der Waals surface area contributed by atoms with Gasteiger partial charge in [-0.25, -0.2) is 9.67 Å². The number of hydrogen-bond acceptors (Lipinski definition) is 4. The molecule has 0 spiro atoms. The Labute approximate surface area is 125 Å². The van der Waals surface area contributed by atoms with Crippen LogP contribution in [0.5, 0.6) is 0 Å². The minimum Gasteiger partial charge on any atom is -0.266 e. The van der Waals surface area contributed by atoms with Crippen LogP contribution in [0, 0.1) is 0 Å². The second-order valence-corrected chi connectivity index (χ2v) is 6.34. The molecule has 0 bridgehead atoms. The van der Waals surface area contributed by atoms with Crippen LogP contribution in [0.15, 0.2) is 25.3 Å². The largest absolute Gasteiger partial charge is 0.282 e. The summed E-state index contributed by atoms with van der Waals surface area (Å²) in [5, 5.41) is 7.17. The zero-order valence-electron chi connectivity index (χ0n) is 9.69. The number of nitrogens with zero attached hydrogens (tertiary/aromatic N) is 3. The Kier molecular flexibility index (Phi) is 4.69. The zero-order chi connectivity index (χ0) is 13.1. The molecule has 0 saturated heterocycles. The van der Waals surface area contributed by atoms with Crippen LogP contribution in [0.4, 0.5) is 0 Å². The molecule has 0 amide bonds. The van der Waals surface area contributed by atoms with Crippen molar-refractivity contribution < 1.29 is 0 Å². The van der Waals surface area contributed by atoms with Crippen LogP contribution in [0.25, 0.3) is 0 Å². The predicted molar refractivity (Wildman–Crippen MR) is 79.1 cm³/mol. The predicted octanol–water partition coefficient (Wildman–Crippen LogP) is 3.23. The van der Waals surface area contributed by atoms with Crippen molar-refractivity contribution in [2.24, 2.45) is 0 Å². The molecule has 0 aromatic carbocycles. The van der Waals surface area contributed by atoms with Crippen LogP contribution in [-0.2, 0) is 13.0 Å². The number of hydrogen-bond donors (Lipinski definition) is 0. The van der Waals surface area contributed by atoms with Crippen LogP contribution in [0.3, 0.4) is 0 Å². The Hall–Kier alpha value is -0.530. The molecule has 0 aliphatic heterocycles. The van der Waals surface area contributed by atoms with E-state index in [9.17, 15) is 4.79 Å². The van der Waals surface area contributed by atoms with E-state index < -0.39 is 0 Å². The van der Waals surface area contributed by atoms with Crippen molar-refractivity contribution in [2.45, 2.75) is 26.3 Å². The van der Waals surface area contributed by atoms with Gasteiger partial charge in [-0.1, -0.05) is 6.92 Å². The molecule has 2 rings (SSSR count). The molecule has 0 atom stereocenters. The summed E-state index contributed by atoms with van der Waals surface area (Å²) in [6, 6.07) is 0. The fourth-order valence-electron chi connectivity index (χ4n) is 1.46. The molecule has 0 unspecified atom stereocenters. The lowest BCUT2D eigenvalue weighted by molar-refractivity contribution is 0.623. The highest BCUT2D eigenvalue weighted by Crippen LogP contribution is 2.17. The summed E-state index contributed by atoms with van der Waals surface area (Å²) < 4.78 is 2.55. The second-order valence-electron chi connectivity index (χ2n) is 3.75. The minimum absolute atomic E-state index is 0.158. The monoisotopic (exact) mass is 391 g/mol. The Balaban J connectivity index is 2.23. The molecule has 0 aliphatic carbocycles. The summed E-state index contributed by atoms with van der Waals surface area (Å²) in [7, 11) is 0. The van der Waals surface area contributed by atoms with E-state index in [-0.39, 0.29) is 5.56 Å². The third kappa shape index (κ3) is 3.07. The third-order valence-corrected chi connectivity index (χ3v) is 5.17. The molecule has 0 fully saturated rings. The smallest absolute Gasteiger partial charge is 0.266 e. The summed E-state index contributed by atoms with van der Waals surface area (Å²) in [6.07, 6.45) is 3.66. The van der Waals surface area contributed by atoms with E-state index in [4.69, 9.17) is 0 Å². The Morgan fingerprint density at radius 1 is 1.44 bits per heavy atom. The van der Waals surface area contributed by atoms with Gasteiger partial charge in [0.2, 0.25) is 0 Å². The van der Waals surface area contributed by atoms with E-state index in [1.807, 2.05) is 5.38 Å². The highest BCUT2D eigenvalue weighted by Gasteiger charge is 2.09. The summed E-state index contributed by atoms with van der Waals surface area (Å²) in [5.41, 5.74) is 0.724. The summed E-state index contributed by atoms with van der Waals surface area (Å²) in [4.78, 5) is 16.4. The molecule has 2 aromatic heterocycles. The maximum atomic E-state index is 11.9. The molecule has 0 saturated carbocycles. The molecule has 0 aliphatic rings. The molecule has 96 valence electrons. The fraction of sp³-hybridized carbons (Fsp3) is 0.364. The minimum atomic E-state index is -0.158. The molecule has 0 radical (unpaired) electrons. The first-order chi connectivity index (χ1) is 8.61. The van der Waals surface area contributed by atoms with Gasteiger partial charge in [0.1, 0.15) is 4.47 Å². The first-order valence-corrected chi connectivity index (χ1v) is 7.92. The van der Waals surface area contributed by atoms with Gasteiger partial charge in [-0.05, 0) is 44.7 Å². The highest BCUT2D eigenvalue weighted by molar-refractivity contribution is 9.13. The molecule has 4 nitrogen and oxygen atoms in total. The highest BCUT2D eigenvalue weighted by atomic mass is 79.9. The first kappa shape index (κ1) is 13.9. The molecule has 18 heavy (non-hydrogen) atoms. The van der Waals surface area contributed by atoms with Crippen LogP contribution in [-0.4, -0.2) is 14.8 Å². The van der Waals surface area contributed by atoms with Crippen molar-refractivity contribution in [1.29, 1.82) is 0 Å². The van der Waals surface area contributed by atoms with Gasteiger partial charge >= 0.3 is 0 Å². The topological polar surface area (TPSA) is 47.8 Å². The van der Waals surface area contributed by atoms with Crippen LogP contribution in [0.1, 0.15) is 24.0 Å². The van der Waals surface area contributed by atoms with Crippen molar-refractivity contribution in [1.82, 2.24) is 14.8 Å². The molecule has 7 heteroatoms. The van der Waals surface area contributed by atoms with Crippen molar-refractivity contribution in [3.63, 3.8) is 0 Å². The normalized spacial score (nSPS) is 10.8. The quantitative estimate of drug-likeness (QED) is 0.802. The fourth-order valence-corrected chi connectivity index (χ4v) is 2.92. The number of aryl methyl sites for hydroxylation is 1. The van der Waals surface area contributed by atoms with Crippen molar-refractivity contribution >= 4 is 43.2 Å². The molecule has 0 N–H and O–H groups in total. The molecular weight excluding hydrogens is 382 g/mol. The van der Waals surface area contributed by atoms with Crippen molar-refractivity contribution in [3.8, 4) is 0 Å². The molecular formula is C11H11Br2N3OS. The molecule has 2 heterocycles. The van der Waals surface area contributed by atoms with Crippen LogP contribution in [0.2, 0.25) is 0 Å². The van der Waals surface area contributed by atoms with Gasteiger partial charge in [0.15, 0.2) is 0 Å². The lowest BCUT2D eigenvalue weighted by Crippen LogP contribution is -2.24. The Morgan fingerprint density at radius 2 is 2.22 bits per heavy atom. The van der Waals surface area contributed by atoms with E-state index in [0.717, 1.165) is 23.5 Å². The number of halogens is 2. The maximum absolute atomic E-state index is 11.9. The van der Waals surface area contributed by atoms with Crippen LogP contribution < -0.4 is 5.56 Å². The number of aromatic nitrogens is 3. The first-order valence-electron chi connectivity index (χ1n) is 5.46. The van der Waals surface area contributed by atoms with Gasteiger partial charge < -0.3 is 0 Å². The van der Waals surface area contributed by atoms with Gasteiger partial charge in [0.05, 0.1) is 27.9 Å². The van der Waals surface area contributed by atoms with Crippen molar-refractivity contribution in [2.75, 3.05) is 0 Å². The second kappa shape index (κ2) is 6.08. The SMILES string of the molecule is CCCc1nc(Cn2ncc(Br)c(Br)c2=O)cs1. The average molecular weight is 393 g/mol. The van der Waals surface area contributed by atoms with Gasteiger partial charge in [0, 0.05) is 5.38 Å². The van der Waals surface area contributed by atoms with E-state index in [1.54, 1.807) is 17.5 Å². The summed E-state index contributed by atoms with van der Waals surface area (Å²) >= 11 is 8.12. The number of thiazole rings is 1. The van der Waals surface area contributed by atoms with E-state index in [1.165, 1.54) is 4.68 Å². The average Bonchev–Trinajstić information content (AvgIpc) is 2.78. The standard InChI is InChI=1S/C11H11Br2N3OS/c1-2-3-9-15-7(6-18-9)5-16-11(17)10(13)8(12)4-14-16/h4,6H,2-3,5H2,1H3. The van der Waals surface area contributed by atoms with Gasteiger partial charge in [-0.15, -0.1) is 11.3 Å². The lowest BCUT2D eigenvalue weighted by Gasteiger charge is -2.03. The van der Waals surface area contributed by atoms with Gasteiger partial charge in [-0.3, -0.25) is 4.79 Å². The molecule has 2 aromatic rings. The van der Waals surface area contributed by atoms with E-state index in [0.29, 0.717) is 15.5 Å². The van der Waals surface area contributed by atoms with Gasteiger partial charge in [0.25, 0.3) is 5.56 Å². The summed E-state index contributed by atoms with van der Waals surface area (Å²) in [5.74, 6) is 0. The third-order valence-electron chi connectivity index (χ3n) is 2.32. The lowest BCUT2D eigenvalue weighted by atomic mass is 10.3. The maximum Gasteiger partial charge on any atom is 0.282 e. The Morgan fingerprint density at radius 3 is 2.94 bits per heavy atom. The van der Waals surface area contributed by atoms with Gasteiger partial charge in [-0.2, -0.15) is 5.10 Å². The summed E-state index contributed by atoms with van der Waals surface area (Å²) in [6.45, 7) is 2.53. The van der Waals surface area contributed by atoms with Crippen LogP contribution >= 0.6 is 43.2 Å². The zero-order valence-corrected chi connectivity index (χ0v) is 13.7.